The van der Waals surface area contributed by atoms with Gasteiger partial charge in [-0.25, -0.2) is 4.79 Å². The maximum Gasteiger partial charge on any atom is 0.315 e. The lowest BCUT2D eigenvalue weighted by Crippen LogP contribution is -2.45. The maximum atomic E-state index is 11.5. The van der Waals surface area contributed by atoms with Crippen molar-refractivity contribution in [2.24, 2.45) is 0 Å². The number of nitrogens with one attached hydrogen (secondary N) is 2. The van der Waals surface area contributed by atoms with E-state index in [0.717, 1.165) is 5.76 Å². The lowest BCUT2D eigenvalue weighted by molar-refractivity contribution is 0.0578. The number of hydrogen-bond donors (Lipinski definition) is 3. The first-order chi connectivity index (χ1) is 8.22. The predicted octanol–water partition coefficient (Wildman–Crippen LogP) is 1.81. The molecule has 0 aliphatic heterocycles. The van der Waals surface area contributed by atoms with Gasteiger partial charge in [0.05, 0.1) is 6.54 Å². The molecular weight excluding hydrogens is 232 g/mol. The van der Waals surface area contributed by atoms with Crippen LogP contribution in [-0.4, -0.2) is 23.7 Å². The molecule has 0 aliphatic rings. The second-order valence-electron chi connectivity index (χ2n) is 5.08. The molecule has 0 radical (unpaired) electrons. The van der Waals surface area contributed by atoms with E-state index >= 15 is 0 Å². The van der Waals surface area contributed by atoms with E-state index in [2.05, 4.69) is 10.6 Å². The molecule has 5 nitrogen and oxygen atoms in total. The Labute approximate surface area is 108 Å². The van der Waals surface area contributed by atoms with Crippen LogP contribution >= 0.6 is 0 Å². The van der Waals surface area contributed by atoms with Gasteiger partial charge >= 0.3 is 6.03 Å². The SMILES string of the molecule is Cc1cc(C(C)(O)CNC(=O)NC(C)C)c(C)o1. The summed E-state index contributed by atoms with van der Waals surface area (Å²) in [6, 6.07) is 1.56. The van der Waals surface area contributed by atoms with Gasteiger partial charge in [-0.05, 0) is 40.7 Å². The van der Waals surface area contributed by atoms with Crippen molar-refractivity contribution in [3.05, 3.63) is 23.2 Å². The molecule has 102 valence electrons. The van der Waals surface area contributed by atoms with E-state index in [1.54, 1.807) is 19.9 Å². The molecule has 0 spiro atoms. The van der Waals surface area contributed by atoms with Gasteiger partial charge in [-0.15, -0.1) is 0 Å². The van der Waals surface area contributed by atoms with E-state index in [1.165, 1.54) is 0 Å². The summed E-state index contributed by atoms with van der Waals surface area (Å²) in [7, 11) is 0. The van der Waals surface area contributed by atoms with E-state index in [4.69, 9.17) is 4.42 Å². The first-order valence-corrected chi connectivity index (χ1v) is 6.06. The minimum absolute atomic E-state index is 0.0628. The molecule has 0 saturated heterocycles. The third kappa shape index (κ3) is 3.77. The van der Waals surface area contributed by atoms with Crippen LogP contribution in [0.3, 0.4) is 0 Å². The second-order valence-corrected chi connectivity index (χ2v) is 5.08. The third-order valence-electron chi connectivity index (χ3n) is 2.63. The summed E-state index contributed by atoms with van der Waals surface area (Å²) in [4.78, 5) is 11.5. The van der Waals surface area contributed by atoms with Crippen LogP contribution in [0.25, 0.3) is 0 Å². The number of furan rings is 1. The Hall–Kier alpha value is -1.49. The number of carbonyl (C=O) groups is 1. The number of urea groups is 1. The number of rotatable bonds is 4. The van der Waals surface area contributed by atoms with Gasteiger partial charge in [0.2, 0.25) is 0 Å². The topological polar surface area (TPSA) is 74.5 Å². The Balaban J connectivity index is 2.65. The summed E-state index contributed by atoms with van der Waals surface area (Å²) in [6.07, 6.45) is 0. The highest BCUT2D eigenvalue weighted by Gasteiger charge is 2.28. The van der Waals surface area contributed by atoms with Gasteiger partial charge in [-0.2, -0.15) is 0 Å². The predicted molar refractivity (Wildman–Crippen MR) is 69.4 cm³/mol. The zero-order valence-corrected chi connectivity index (χ0v) is 11.6. The summed E-state index contributed by atoms with van der Waals surface area (Å²) < 4.78 is 5.38. The quantitative estimate of drug-likeness (QED) is 0.767. The summed E-state index contributed by atoms with van der Waals surface area (Å²) >= 11 is 0. The highest BCUT2D eigenvalue weighted by atomic mass is 16.3. The Bertz CT molecular complexity index is 422. The standard InChI is InChI=1S/C13H22N2O3/c1-8(2)15-12(16)14-7-13(5,17)11-6-9(3)18-10(11)4/h6,8,17H,7H2,1-5H3,(H2,14,15,16). The van der Waals surface area contributed by atoms with Gasteiger partial charge in [0, 0.05) is 11.6 Å². The zero-order chi connectivity index (χ0) is 13.9. The molecule has 1 heterocycles. The molecule has 3 N–H and O–H groups in total. The summed E-state index contributed by atoms with van der Waals surface area (Å²) in [5.41, 5.74) is -0.444. The molecule has 2 amide bonds. The molecule has 0 saturated carbocycles. The molecule has 1 aromatic rings. The molecule has 5 heteroatoms. The molecule has 1 unspecified atom stereocenters. The van der Waals surface area contributed by atoms with E-state index in [1.807, 2.05) is 20.8 Å². The van der Waals surface area contributed by atoms with Crippen LogP contribution in [0.2, 0.25) is 0 Å². The van der Waals surface area contributed by atoms with Gasteiger partial charge in [-0.3, -0.25) is 0 Å². The van der Waals surface area contributed by atoms with E-state index in [0.29, 0.717) is 11.3 Å². The Kier molecular flexibility index (Phi) is 4.40. The van der Waals surface area contributed by atoms with E-state index in [-0.39, 0.29) is 18.6 Å². The van der Waals surface area contributed by atoms with Crippen LogP contribution in [-0.2, 0) is 5.60 Å². The Morgan fingerprint density at radius 2 is 2.11 bits per heavy atom. The van der Waals surface area contributed by atoms with Gasteiger partial charge in [-0.1, -0.05) is 0 Å². The molecule has 0 bridgehead atoms. The second kappa shape index (κ2) is 5.44. The average molecular weight is 254 g/mol. The van der Waals surface area contributed by atoms with Crippen molar-refractivity contribution in [1.29, 1.82) is 0 Å². The zero-order valence-electron chi connectivity index (χ0n) is 11.6. The van der Waals surface area contributed by atoms with Gasteiger partial charge < -0.3 is 20.2 Å². The fourth-order valence-corrected chi connectivity index (χ4v) is 1.83. The van der Waals surface area contributed by atoms with Gasteiger partial charge in [0.25, 0.3) is 0 Å². The molecule has 0 aliphatic carbocycles. The molecular formula is C13H22N2O3. The summed E-state index contributed by atoms with van der Waals surface area (Å²) in [5, 5.41) is 15.7. The van der Waals surface area contributed by atoms with Crippen molar-refractivity contribution >= 4 is 6.03 Å². The lowest BCUT2D eigenvalue weighted by Gasteiger charge is -2.23. The fourth-order valence-electron chi connectivity index (χ4n) is 1.83. The highest BCUT2D eigenvalue weighted by Crippen LogP contribution is 2.26. The van der Waals surface area contributed by atoms with Crippen LogP contribution in [0.1, 0.15) is 37.9 Å². The van der Waals surface area contributed by atoms with Crippen molar-refractivity contribution in [3.63, 3.8) is 0 Å². The fraction of sp³-hybridized carbons (Fsp3) is 0.615. The number of carbonyl (C=O) groups excluding carboxylic acids is 1. The summed E-state index contributed by atoms with van der Waals surface area (Å²) in [6.45, 7) is 9.16. The average Bonchev–Trinajstić information content (AvgIpc) is 2.55. The first-order valence-electron chi connectivity index (χ1n) is 6.06. The number of hydrogen-bond acceptors (Lipinski definition) is 3. The van der Waals surface area contributed by atoms with Crippen molar-refractivity contribution in [1.82, 2.24) is 10.6 Å². The van der Waals surface area contributed by atoms with E-state index in [9.17, 15) is 9.90 Å². The molecule has 0 fully saturated rings. The summed E-state index contributed by atoms with van der Waals surface area (Å²) in [5.74, 6) is 1.41. The normalized spacial score (nSPS) is 14.4. The van der Waals surface area contributed by atoms with E-state index < -0.39 is 5.60 Å². The maximum absolute atomic E-state index is 11.5. The molecule has 1 aromatic heterocycles. The lowest BCUT2D eigenvalue weighted by atomic mass is 9.96. The Morgan fingerprint density at radius 1 is 1.50 bits per heavy atom. The minimum Gasteiger partial charge on any atom is -0.466 e. The number of aliphatic hydroxyl groups is 1. The van der Waals surface area contributed by atoms with Gasteiger partial charge in [0.15, 0.2) is 0 Å². The van der Waals surface area contributed by atoms with Crippen molar-refractivity contribution in [2.75, 3.05) is 6.54 Å². The minimum atomic E-state index is -1.14. The van der Waals surface area contributed by atoms with Gasteiger partial charge in [0.1, 0.15) is 17.1 Å². The van der Waals surface area contributed by atoms with Crippen molar-refractivity contribution < 1.29 is 14.3 Å². The highest BCUT2D eigenvalue weighted by molar-refractivity contribution is 5.74. The molecule has 1 rings (SSSR count). The largest absolute Gasteiger partial charge is 0.466 e. The van der Waals surface area contributed by atoms with Crippen molar-refractivity contribution in [3.8, 4) is 0 Å². The van der Waals surface area contributed by atoms with Crippen LogP contribution < -0.4 is 10.6 Å². The van der Waals surface area contributed by atoms with Crippen LogP contribution in [0.4, 0.5) is 4.79 Å². The smallest absolute Gasteiger partial charge is 0.315 e. The monoisotopic (exact) mass is 254 g/mol. The molecule has 1 atom stereocenters. The third-order valence-corrected chi connectivity index (χ3v) is 2.63. The van der Waals surface area contributed by atoms with Crippen LogP contribution in [0.15, 0.2) is 10.5 Å². The van der Waals surface area contributed by atoms with Crippen LogP contribution in [0, 0.1) is 13.8 Å². The van der Waals surface area contributed by atoms with Crippen LogP contribution in [0.5, 0.6) is 0 Å². The Morgan fingerprint density at radius 3 is 2.56 bits per heavy atom. The molecule has 18 heavy (non-hydrogen) atoms. The number of aryl methyl sites for hydroxylation is 2. The number of amides is 2. The van der Waals surface area contributed by atoms with Crippen molar-refractivity contribution in [2.45, 2.75) is 46.3 Å². The molecule has 0 aromatic carbocycles. The first kappa shape index (κ1) is 14.6.